The monoisotopic (exact) mass is 453 g/mol. The average Bonchev–Trinajstić information content (AvgIpc) is 3.01. The number of nitrogens with zero attached hydrogens (tertiary/aromatic N) is 4. The molecular formula is C20H17Cl4N4+. The van der Waals surface area contributed by atoms with E-state index in [-0.39, 0.29) is 0 Å². The van der Waals surface area contributed by atoms with Crippen LogP contribution in [0.5, 0.6) is 0 Å². The van der Waals surface area contributed by atoms with E-state index in [0.29, 0.717) is 20.1 Å². The number of anilines is 2. The van der Waals surface area contributed by atoms with Crippen molar-refractivity contribution in [3.8, 4) is 0 Å². The summed E-state index contributed by atoms with van der Waals surface area (Å²) in [4.78, 5) is 4.46. The molecule has 4 nitrogen and oxygen atoms in total. The van der Waals surface area contributed by atoms with Gasteiger partial charge in [0.15, 0.2) is 11.0 Å². The molecule has 28 heavy (non-hydrogen) atoms. The van der Waals surface area contributed by atoms with Gasteiger partial charge >= 0.3 is 0 Å². The number of aryl methyl sites for hydroxylation is 2. The third kappa shape index (κ3) is 2.55. The maximum atomic E-state index is 6.30. The number of hydrogen-bond acceptors (Lipinski definition) is 2. The molecule has 0 spiro atoms. The second kappa shape index (κ2) is 6.46. The molecule has 0 saturated carbocycles. The molecule has 0 atom stereocenters. The molecule has 144 valence electrons. The largest absolute Gasteiger partial charge is 0.329 e. The molecule has 0 N–H and O–H groups in total. The lowest BCUT2D eigenvalue weighted by Crippen LogP contribution is -2.35. The van der Waals surface area contributed by atoms with E-state index in [9.17, 15) is 0 Å². The van der Waals surface area contributed by atoms with Crippen LogP contribution in [0.2, 0.25) is 20.1 Å². The number of aromatic nitrogens is 2. The van der Waals surface area contributed by atoms with Gasteiger partial charge in [-0.15, -0.1) is 0 Å². The third-order valence-corrected chi connectivity index (χ3v) is 7.05. The number of hydrogen-bond donors (Lipinski definition) is 0. The fraction of sp³-hybridized carbons (Fsp3) is 0.250. The van der Waals surface area contributed by atoms with Crippen LogP contribution < -0.4 is 14.4 Å². The Bertz CT molecular complexity index is 1180. The van der Waals surface area contributed by atoms with E-state index in [0.717, 1.165) is 53.6 Å². The van der Waals surface area contributed by atoms with Crippen molar-refractivity contribution in [1.29, 1.82) is 0 Å². The summed E-state index contributed by atoms with van der Waals surface area (Å²) in [5.74, 6) is 2.18. The zero-order valence-corrected chi connectivity index (χ0v) is 18.3. The standard InChI is InChI=1S/C20H17Cl4N4/c1-25-15-6-11(21)13(23)8-17(15)27-4-3-5-28-18-9-14(24)12(22)7-16(18)26(2)20(28)10-19(25)27/h6-10H,3-5H2,1-2H3/q+1. The van der Waals surface area contributed by atoms with E-state index in [1.54, 1.807) is 0 Å². The van der Waals surface area contributed by atoms with Crippen LogP contribution in [0.3, 0.4) is 0 Å². The molecule has 0 bridgehead atoms. The van der Waals surface area contributed by atoms with Crippen LogP contribution in [-0.4, -0.2) is 18.2 Å². The van der Waals surface area contributed by atoms with Gasteiger partial charge in [0.25, 0.3) is 5.82 Å². The molecule has 0 unspecified atom stereocenters. The van der Waals surface area contributed by atoms with Crippen LogP contribution in [0, 0.1) is 0 Å². The highest BCUT2D eigenvalue weighted by atomic mass is 35.5. The zero-order valence-electron chi connectivity index (χ0n) is 15.3. The molecule has 0 saturated heterocycles. The first-order chi connectivity index (χ1) is 13.4. The normalized spacial score (nSPS) is 17.7. The van der Waals surface area contributed by atoms with Gasteiger partial charge in [-0.05, 0) is 12.1 Å². The molecule has 0 amide bonds. The van der Waals surface area contributed by atoms with Gasteiger partial charge in [0.1, 0.15) is 5.82 Å². The molecule has 3 heterocycles. The van der Waals surface area contributed by atoms with E-state index in [1.165, 1.54) is 0 Å². The van der Waals surface area contributed by atoms with Crippen LogP contribution in [0.25, 0.3) is 17.1 Å². The Hall–Kier alpha value is -1.59. The van der Waals surface area contributed by atoms with Crippen LogP contribution in [0.15, 0.2) is 30.1 Å². The quantitative estimate of drug-likeness (QED) is 0.402. The van der Waals surface area contributed by atoms with Crippen LogP contribution in [0.1, 0.15) is 12.2 Å². The SMILES string of the molecule is CN1/C2=C/c3n(c4cc(Cl)c(Cl)cc4[n+]3C)CCCN2c2cc(Cl)c(Cl)cc21. The minimum absolute atomic E-state index is 0.562. The van der Waals surface area contributed by atoms with E-state index in [4.69, 9.17) is 46.4 Å². The van der Waals surface area contributed by atoms with Crippen molar-refractivity contribution >= 4 is 74.9 Å². The smallest absolute Gasteiger partial charge is 0.285 e. The fourth-order valence-electron chi connectivity index (χ4n) is 4.20. The molecule has 5 rings (SSSR count). The first-order valence-corrected chi connectivity index (χ1v) is 10.5. The second-order valence-corrected chi connectivity index (χ2v) is 8.77. The van der Waals surface area contributed by atoms with E-state index < -0.39 is 0 Å². The van der Waals surface area contributed by atoms with Gasteiger partial charge in [0.2, 0.25) is 0 Å². The Labute approximate surface area is 183 Å². The number of fused-ring (bicyclic) bond motifs is 6. The molecule has 1 aromatic heterocycles. The Balaban J connectivity index is 1.75. The van der Waals surface area contributed by atoms with E-state index >= 15 is 0 Å². The summed E-state index contributed by atoms with van der Waals surface area (Å²) < 4.78 is 4.46. The van der Waals surface area contributed by atoms with Crippen LogP contribution in [0.4, 0.5) is 11.4 Å². The van der Waals surface area contributed by atoms with Gasteiger partial charge < -0.3 is 9.80 Å². The lowest BCUT2D eigenvalue weighted by atomic mass is 10.2. The molecule has 0 aliphatic carbocycles. The number of benzene rings is 2. The van der Waals surface area contributed by atoms with Gasteiger partial charge in [-0.3, -0.25) is 0 Å². The predicted molar refractivity (Wildman–Crippen MR) is 118 cm³/mol. The third-order valence-electron chi connectivity index (χ3n) is 5.60. The molecule has 2 aliphatic rings. The molecular weight excluding hydrogens is 438 g/mol. The van der Waals surface area contributed by atoms with Gasteiger partial charge in [0, 0.05) is 32.1 Å². The Kier molecular flexibility index (Phi) is 4.25. The van der Waals surface area contributed by atoms with E-state index in [1.807, 2.05) is 24.3 Å². The van der Waals surface area contributed by atoms with Crippen molar-refractivity contribution in [3.63, 3.8) is 0 Å². The average molecular weight is 455 g/mol. The summed E-state index contributed by atoms with van der Waals surface area (Å²) in [5, 5.41) is 2.27. The molecule has 0 fully saturated rings. The van der Waals surface area contributed by atoms with Crippen molar-refractivity contribution < 1.29 is 4.57 Å². The number of halogens is 4. The molecule has 0 radical (unpaired) electrons. The number of imidazole rings is 1. The van der Waals surface area contributed by atoms with Crippen LogP contribution in [-0.2, 0) is 13.6 Å². The van der Waals surface area contributed by atoms with Gasteiger partial charge in [-0.2, -0.15) is 0 Å². The molecule has 2 aliphatic heterocycles. The summed E-state index contributed by atoms with van der Waals surface area (Å²) in [6, 6.07) is 7.76. The van der Waals surface area contributed by atoms with Crippen LogP contribution >= 0.6 is 46.4 Å². The Morgan fingerprint density at radius 2 is 1.50 bits per heavy atom. The maximum Gasteiger partial charge on any atom is 0.285 e. The highest BCUT2D eigenvalue weighted by Crippen LogP contribution is 2.45. The predicted octanol–water partition coefficient (Wildman–Crippen LogP) is 5.74. The molecule has 8 heteroatoms. The first-order valence-electron chi connectivity index (χ1n) is 8.96. The topological polar surface area (TPSA) is 15.3 Å². The van der Waals surface area contributed by atoms with E-state index in [2.05, 4.69) is 39.1 Å². The fourth-order valence-corrected chi connectivity index (χ4v) is 4.83. The minimum Gasteiger partial charge on any atom is -0.329 e. The van der Waals surface area contributed by atoms with Crippen molar-refractivity contribution in [2.24, 2.45) is 7.05 Å². The Morgan fingerprint density at radius 3 is 2.25 bits per heavy atom. The van der Waals surface area contributed by atoms with Crippen molar-refractivity contribution in [2.45, 2.75) is 13.0 Å². The zero-order chi connectivity index (χ0) is 19.7. The second-order valence-electron chi connectivity index (χ2n) is 7.15. The van der Waals surface area contributed by atoms with Crippen molar-refractivity contribution in [3.05, 3.63) is 56.0 Å². The summed E-state index contributed by atoms with van der Waals surface area (Å²) >= 11 is 25.2. The first kappa shape index (κ1) is 18.4. The van der Waals surface area contributed by atoms with Gasteiger partial charge in [-0.25, -0.2) is 9.13 Å². The summed E-state index contributed by atoms with van der Waals surface area (Å²) in [7, 11) is 4.11. The minimum atomic E-state index is 0.562. The maximum absolute atomic E-state index is 6.30. The molecule has 3 aromatic rings. The van der Waals surface area contributed by atoms with Crippen molar-refractivity contribution in [2.75, 3.05) is 23.4 Å². The summed E-state index contributed by atoms with van der Waals surface area (Å²) in [6.45, 7) is 1.76. The lowest BCUT2D eigenvalue weighted by Gasteiger charge is -2.24. The summed E-state index contributed by atoms with van der Waals surface area (Å²) in [5.41, 5.74) is 4.28. The summed E-state index contributed by atoms with van der Waals surface area (Å²) in [6.07, 6.45) is 3.17. The number of rotatable bonds is 0. The molecule has 2 aromatic carbocycles. The highest BCUT2D eigenvalue weighted by Gasteiger charge is 2.34. The van der Waals surface area contributed by atoms with Crippen molar-refractivity contribution in [1.82, 2.24) is 4.57 Å². The van der Waals surface area contributed by atoms with Gasteiger partial charge in [0.05, 0.1) is 51.1 Å². The highest BCUT2D eigenvalue weighted by molar-refractivity contribution is 6.43. The lowest BCUT2D eigenvalue weighted by molar-refractivity contribution is -0.647. The van der Waals surface area contributed by atoms with Gasteiger partial charge in [-0.1, -0.05) is 46.4 Å². The Morgan fingerprint density at radius 1 is 0.857 bits per heavy atom.